The highest BCUT2D eigenvalue weighted by molar-refractivity contribution is 9.10. The van der Waals surface area contributed by atoms with Gasteiger partial charge in [0, 0.05) is 16.6 Å². The molecule has 0 bridgehead atoms. The summed E-state index contributed by atoms with van der Waals surface area (Å²) in [5.74, 6) is 1.77. The van der Waals surface area contributed by atoms with Crippen molar-refractivity contribution in [2.75, 3.05) is 6.54 Å². The zero-order valence-corrected chi connectivity index (χ0v) is 13.2. The van der Waals surface area contributed by atoms with Crippen LogP contribution in [0.4, 0.5) is 4.39 Å². The lowest BCUT2D eigenvalue weighted by molar-refractivity contribution is 0.275. The topological polar surface area (TPSA) is 12.0 Å². The first kappa shape index (κ1) is 15.6. The molecule has 102 valence electrons. The van der Waals surface area contributed by atoms with Crippen molar-refractivity contribution >= 4 is 15.9 Å². The van der Waals surface area contributed by atoms with Crippen molar-refractivity contribution < 1.29 is 4.39 Å². The van der Waals surface area contributed by atoms with Crippen molar-refractivity contribution in [2.45, 2.75) is 34.2 Å². The molecule has 0 aliphatic carbocycles. The highest BCUT2D eigenvalue weighted by Gasteiger charge is 2.16. The minimum Gasteiger partial charge on any atom is -0.312 e. The number of halogens is 2. The molecule has 0 unspecified atom stereocenters. The van der Waals surface area contributed by atoms with E-state index in [-0.39, 0.29) is 5.82 Å². The van der Waals surface area contributed by atoms with Crippen molar-refractivity contribution in [3.05, 3.63) is 34.1 Å². The molecule has 1 aromatic carbocycles. The van der Waals surface area contributed by atoms with Gasteiger partial charge < -0.3 is 5.32 Å². The quantitative estimate of drug-likeness (QED) is 0.808. The summed E-state index contributed by atoms with van der Waals surface area (Å²) in [6, 6.07) is 5.06. The van der Waals surface area contributed by atoms with Crippen LogP contribution in [0.2, 0.25) is 0 Å². The minimum absolute atomic E-state index is 0.142. The lowest BCUT2D eigenvalue weighted by Crippen LogP contribution is -2.29. The Labute approximate surface area is 118 Å². The fraction of sp³-hybridized carbons (Fsp3) is 0.600. The Morgan fingerprint density at radius 3 is 2.33 bits per heavy atom. The molecule has 0 saturated carbocycles. The van der Waals surface area contributed by atoms with Gasteiger partial charge in [-0.2, -0.15) is 0 Å². The molecule has 0 amide bonds. The van der Waals surface area contributed by atoms with Gasteiger partial charge in [0.2, 0.25) is 0 Å². The SMILES string of the molecule is CC(C)C(CNCc1cc(Br)ccc1F)C(C)C. The van der Waals surface area contributed by atoms with Gasteiger partial charge in [0.15, 0.2) is 0 Å². The standard InChI is InChI=1S/C15H23BrFN/c1-10(2)14(11(3)4)9-18-8-12-7-13(16)5-6-15(12)17/h5-7,10-11,14,18H,8-9H2,1-4H3. The molecule has 0 radical (unpaired) electrons. The molecule has 0 fully saturated rings. The molecule has 0 aliphatic rings. The summed E-state index contributed by atoms with van der Waals surface area (Å²) >= 11 is 3.37. The smallest absolute Gasteiger partial charge is 0.127 e. The van der Waals surface area contributed by atoms with Crippen LogP contribution in [0.25, 0.3) is 0 Å². The average Bonchev–Trinajstić information content (AvgIpc) is 2.27. The highest BCUT2D eigenvalue weighted by Crippen LogP contribution is 2.20. The summed E-state index contributed by atoms with van der Waals surface area (Å²) in [4.78, 5) is 0. The van der Waals surface area contributed by atoms with Gasteiger partial charge in [-0.3, -0.25) is 0 Å². The molecule has 1 aromatic rings. The van der Waals surface area contributed by atoms with Gasteiger partial charge in [0.05, 0.1) is 0 Å². The predicted molar refractivity (Wildman–Crippen MR) is 79.0 cm³/mol. The van der Waals surface area contributed by atoms with E-state index in [2.05, 4.69) is 48.9 Å². The molecule has 1 rings (SSSR count). The van der Waals surface area contributed by atoms with E-state index >= 15 is 0 Å². The summed E-state index contributed by atoms with van der Waals surface area (Å²) < 4.78 is 14.5. The fourth-order valence-electron chi connectivity index (χ4n) is 2.29. The molecule has 18 heavy (non-hydrogen) atoms. The van der Waals surface area contributed by atoms with Gasteiger partial charge in [-0.15, -0.1) is 0 Å². The summed E-state index contributed by atoms with van der Waals surface area (Å²) in [5.41, 5.74) is 0.718. The lowest BCUT2D eigenvalue weighted by atomic mass is 9.85. The molecule has 3 heteroatoms. The normalized spacial score (nSPS) is 11.8. The second-order valence-corrected chi connectivity index (χ2v) is 6.43. The van der Waals surface area contributed by atoms with Crippen molar-refractivity contribution in [1.29, 1.82) is 0 Å². The Balaban J connectivity index is 2.52. The molecule has 1 N–H and O–H groups in total. The number of benzene rings is 1. The Kier molecular flexibility index (Phi) is 6.30. The maximum atomic E-state index is 13.6. The minimum atomic E-state index is -0.142. The zero-order chi connectivity index (χ0) is 13.7. The van der Waals surface area contributed by atoms with E-state index in [0.717, 1.165) is 16.6 Å². The van der Waals surface area contributed by atoms with Crippen molar-refractivity contribution in [1.82, 2.24) is 5.32 Å². The van der Waals surface area contributed by atoms with Crippen LogP contribution >= 0.6 is 15.9 Å². The number of nitrogens with one attached hydrogen (secondary N) is 1. The Morgan fingerprint density at radius 1 is 1.17 bits per heavy atom. The Morgan fingerprint density at radius 2 is 1.78 bits per heavy atom. The van der Waals surface area contributed by atoms with Crippen LogP contribution in [-0.4, -0.2) is 6.54 Å². The van der Waals surface area contributed by atoms with E-state index in [1.807, 2.05) is 6.07 Å². The van der Waals surface area contributed by atoms with Crippen LogP contribution in [0.5, 0.6) is 0 Å². The largest absolute Gasteiger partial charge is 0.312 e. The summed E-state index contributed by atoms with van der Waals surface area (Å²) in [6.45, 7) is 10.5. The maximum Gasteiger partial charge on any atom is 0.127 e. The zero-order valence-electron chi connectivity index (χ0n) is 11.6. The van der Waals surface area contributed by atoms with Crippen molar-refractivity contribution in [3.63, 3.8) is 0 Å². The van der Waals surface area contributed by atoms with E-state index in [1.165, 1.54) is 6.07 Å². The molecule has 0 aromatic heterocycles. The third-order valence-corrected chi connectivity index (χ3v) is 3.91. The van der Waals surface area contributed by atoms with Crippen LogP contribution in [0.3, 0.4) is 0 Å². The predicted octanol–water partition coefficient (Wildman–Crippen LogP) is 4.61. The van der Waals surface area contributed by atoms with Gasteiger partial charge in [-0.1, -0.05) is 43.6 Å². The first-order valence-corrected chi connectivity index (χ1v) is 7.35. The van der Waals surface area contributed by atoms with Crippen LogP contribution in [0, 0.1) is 23.6 Å². The second kappa shape index (κ2) is 7.25. The molecule has 0 atom stereocenters. The lowest BCUT2D eigenvalue weighted by Gasteiger charge is -2.25. The van der Waals surface area contributed by atoms with Crippen LogP contribution < -0.4 is 5.32 Å². The van der Waals surface area contributed by atoms with Gasteiger partial charge in [-0.05, 0) is 42.5 Å². The molecule has 1 nitrogen and oxygen atoms in total. The van der Waals surface area contributed by atoms with E-state index in [9.17, 15) is 4.39 Å². The molecule has 0 aliphatic heterocycles. The van der Waals surface area contributed by atoms with Crippen LogP contribution in [-0.2, 0) is 6.54 Å². The number of hydrogen-bond acceptors (Lipinski definition) is 1. The first-order valence-electron chi connectivity index (χ1n) is 6.56. The second-order valence-electron chi connectivity index (χ2n) is 5.52. The molecular formula is C15H23BrFN. The molecule has 0 spiro atoms. The van der Waals surface area contributed by atoms with Crippen LogP contribution in [0.1, 0.15) is 33.3 Å². The van der Waals surface area contributed by atoms with Gasteiger partial charge in [0.1, 0.15) is 5.82 Å². The van der Waals surface area contributed by atoms with E-state index in [4.69, 9.17) is 0 Å². The van der Waals surface area contributed by atoms with Crippen LogP contribution in [0.15, 0.2) is 22.7 Å². The average molecular weight is 316 g/mol. The van der Waals surface area contributed by atoms with Gasteiger partial charge in [-0.25, -0.2) is 4.39 Å². The monoisotopic (exact) mass is 315 g/mol. The Hall–Kier alpha value is -0.410. The van der Waals surface area contributed by atoms with E-state index < -0.39 is 0 Å². The van der Waals surface area contributed by atoms with Crippen molar-refractivity contribution in [3.8, 4) is 0 Å². The summed E-state index contributed by atoms with van der Waals surface area (Å²) in [5, 5.41) is 3.37. The third-order valence-electron chi connectivity index (χ3n) is 3.42. The first-order chi connectivity index (χ1) is 8.41. The third kappa shape index (κ3) is 4.69. The molecule has 0 heterocycles. The molecular weight excluding hydrogens is 293 g/mol. The van der Waals surface area contributed by atoms with Gasteiger partial charge in [0.25, 0.3) is 0 Å². The summed E-state index contributed by atoms with van der Waals surface area (Å²) in [6.07, 6.45) is 0. The highest BCUT2D eigenvalue weighted by atomic mass is 79.9. The molecule has 0 saturated heterocycles. The number of rotatable bonds is 6. The van der Waals surface area contributed by atoms with E-state index in [1.54, 1.807) is 6.07 Å². The number of hydrogen-bond donors (Lipinski definition) is 1. The Bertz CT molecular complexity index is 369. The maximum absolute atomic E-state index is 13.6. The van der Waals surface area contributed by atoms with Gasteiger partial charge >= 0.3 is 0 Å². The van der Waals surface area contributed by atoms with Crippen molar-refractivity contribution in [2.24, 2.45) is 17.8 Å². The fourth-order valence-corrected chi connectivity index (χ4v) is 2.70. The van der Waals surface area contributed by atoms with E-state index in [0.29, 0.717) is 24.3 Å². The summed E-state index contributed by atoms with van der Waals surface area (Å²) in [7, 11) is 0.